The summed E-state index contributed by atoms with van der Waals surface area (Å²) < 4.78 is 5.66. The Morgan fingerprint density at radius 2 is 1.91 bits per heavy atom. The Bertz CT molecular complexity index is 464. The van der Waals surface area contributed by atoms with Gasteiger partial charge in [-0.15, -0.1) is 0 Å². The SMILES string of the molecule is COc1ccc(Cl)cc1[C@@H](C1CCCCC1)N1CCNCC1. The van der Waals surface area contributed by atoms with E-state index in [1.54, 1.807) is 7.11 Å². The molecule has 122 valence electrons. The molecule has 1 aliphatic carbocycles. The molecule has 0 bridgehead atoms. The maximum absolute atomic E-state index is 6.31. The van der Waals surface area contributed by atoms with E-state index in [-0.39, 0.29) is 0 Å². The monoisotopic (exact) mass is 322 g/mol. The molecular weight excluding hydrogens is 296 g/mol. The summed E-state index contributed by atoms with van der Waals surface area (Å²) in [5, 5.41) is 4.28. The van der Waals surface area contributed by atoms with E-state index < -0.39 is 0 Å². The maximum atomic E-state index is 6.31. The molecule has 1 aromatic carbocycles. The number of methoxy groups -OCH3 is 1. The first-order chi connectivity index (χ1) is 10.8. The van der Waals surface area contributed by atoms with Crippen molar-refractivity contribution in [2.24, 2.45) is 5.92 Å². The molecule has 4 heteroatoms. The summed E-state index contributed by atoms with van der Waals surface area (Å²) in [6.45, 7) is 4.37. The van der Waals surface area contributed by atoms with Crippen LogP contribution in [0, 0.1) is 5.92 Å². The van der Waals surface area contributed by atoms with Gasteiger partial charge in [-0.2, -0.15) is 0 Å². The van der Waals surface area contributed by atoms with Gasteiger partial charge in [0.2, 0.25) is 0 Å². The first-order valence-electron chi connectivity index (χ1n) is 8.58. The van der Waals surface area contributed by atoms with Crippen LogP contribution in [-0.2, 0) is 0 Å². The van der Waals surface area contributed by atoms with Crippen molar-refractivity contribution >= 4 is 11.6 Å². The van der Waals surface area contributed by atoms with Gasteiger partial charge in [-0.05, 0) is 37.0 Å². The molecule has 22 heavy (non-hydrogen) atoms. The fourth-order valence-electron chi connectivity index (χ4n) is 4.10. The molecule has 0 aromatic heterocycles. The lowest BCUT2D eigenvalue weighted by Gasteiger charge is -2.41. The number of piperazine rings is 1. The minimum absolute atomic E-state index is 0.441. The second kappa shape index (κ2) is 7.67. The number of rotatable bonds is 4. The molecule has 2 fully saturated rings. The Balaban J connectivity index is 1.94. The number of nitrogens with one attached hydrogen (secondary N) is 1. The van der Waals surface area contributed by atoms with Crippen LogP contribution in [0.2, 0.25) is 5.02 Å². The Labute approximate surface area is 139 Å². The third-order valence-electron chi connectivity index (χ3n) is 5.15. The van der Waals surface area contributed by atoms with E-state index >= 15 is 0 Å². The largest absolute Gasteiger partial charge is 0.496 e. The molecule has 1 atom stereocenters. The predicted octanol–water partition coefficient (Wildman–Crippen LogP) is 3.88. The van der Waals surface area contributed by atoms with Gasteiger partial charge in [0.05, 0.1) is 7.11 Å². The van der Waals surface area contributed by atoms with Crippen molar-refractivity contribution < 1.29 is 4.74 Å². The van der Waals surface area contributed by atoms with Crippen molar-refractivity contribution in [2.45, 2.75) is 38.1 Å². The lowest BCUT2D eigenvalue weighted by molar-refractivity contribution is 0.101. The summed E-state index contributed by atoms with van der Waals surface area (Å²) in [6.07, 6.45) is 6.75. The van der Waals surface area contributed by atoms with Crippen LogP contribution in [-0.4, -0.2) is 38.2 Å². The summed E-state index contributed by atoms with van der Waals surface area (Å²) in [7, 11) is 1.77. The van der Waals surface area contributed by atoms with Gasteiger partial charge >= 0.3 is 0 Å². The van der Waals surface area contributed by atoms with Crippen molar-refractivity contribution in [3.8, 4) is 5.75 Å². The Morgan fingerprint density at radius 3 is 2.59 bits per heavy atom. The molecule has 1 saturated carbocycles. The fourth-order valence-corrected chi connectivity index (χ4v) is 4.28. The van der Waals surface area contributed by atoms with Gasteiger partial charge in [0.1, 0.15) is 5.75 Å². The number of halogens is 1. The maximum Gasteiger partial charge on any atom is 0.123 e. The summed E-state index contributed by atoms with van der Waals surface area (Å²) in [6, 6.07) is 6.52. The second-order valence-corrected chi connectivity index (χ2v) is 6.95. The average Bonchev–Trinajstić information content (AvgIpc) is 2.57. The molecule has 1 saturated heterocycles. The minimum Gasteiger partial charge on any atom is -0.496 e. The highest BCUT2D eigenvalue weighted by Crippen LogP contribution is 2.42. The van der Waals surface area contributed by atoms with Crippen molar-refractivity contribution in [1.82, 2.24) is 10.2 Å². The molecular formula is C18H27ClN2O. The summed E-state index contributed by atoms with van der Waals surface area (Å²) in [5.74, 6) is 1.71. The molecule has 3 rings (SSSR count). The standard InChI is InChI=1S/C18H27ClN2O/c1-22-17-8-7-15(19)13-16(17)18(14-5-3-2-4-6-14)21-11-9-20-10-12-21/h7-8,13-14,18,20H,2-6,9-12H2,1H3/t18-/m1/s1. The molecule has 0 unspecified atom stereocenters. The van der Waals surface area contributed by atoms with Crippen LogP contribution in [0.25, 0.3) is 0 Å². The molecule has 1 heterocycles. The third kappa shape index (κ3) is 3.58. The first kappa shape index (κ1) is 16.1. The highest BCUT2D eigenvalue weighted by atomic mass is 35.5. The quantitative estimate of drug-likeness (QED) is 0.910. The zero-order valence-corrected chi connectivity index (χ0v) is 14.2. The second-order valence-electron chi connectivity index (χ2n) is 6.52. The number of benzene rings is 1. The van der Waals surface area contributed by atoms with E-state index in [1.165, 1.54) is 37.7 Å². The van der Waals surface area contributed by atoms with Gasteiger partial charge in [-0.25, -0.2) is 0 Å². The van der Waals surface area contributed by atoms with Crippen molar-refractivity contribution in [3.05, 3.63) is 28.8 Å². The predicted molar refractivity (Wildman–Crippen MR) is 91.8 cm³/mol. The van der Waals surface area contributed by atoms with Crippen LogP contribution in [0.4, 0.5) is 0 Å². The van der Waals surface area contributed by atoms with Crippen LogP contribution in [0.15, 0.2) is 18.2 Å². The van der Waals surface area contributed by atoms with Crippen LogP contribution in [0.5, 0.6) is 5.75 Å². The summed E-state index contributed by atoms with van der Waals surface area (Å²) in [5.41, 5.74) is 1.28. The number of nitrogens with zero attached hydrogens (tertiary/aromatic N) is 1. The molecule has 3 nitrogen and oxygen atoms in total. The van der Waals surface area contributed by atoms with Gasteiger partial charge in [0.15, 0.2) is 0 Å². The summed E-state index contributed by atoms with van der Waals surface area (Å²) in [4.78, 5) is 2.64. The lowest BCUT2D eigenvalue weighted by Crippen LogP contribution is -2.47. The normalized spacial score (nSPS) is 22.5. The van der Waals surface area contributed by atoms with E-state index in [0.29, 0.717) is 6.04 Å². The third-order valence-corrected chi connectivity index (χ3v) is 5.39. The van der Waals surface area contributed by atoms with Gasteiger partial charge in [0, 0.05) is 42.8 Å². The summed E-state index contributed by atoms with van der Waals surface area (Å²) >= 11 is 6.31. The van der Waals surface area contributed by atoms with Crippen LogP contribution >= 0.6 is 11.6 Å². The van der Waals surface area contributed by atoms with E-state index in [2.05, 4.69) is 16.3 Å². The van der Waals surface area contributed by atoms with Crippen LogP contribution < -0.4 is 10.1 Å². The Hall–Kier alpha value is -0.770. The Kier molecular flexibility index (Phi) is 5.61. The molecule has 2 aliphatic rings. The lowest BCUT2D eigenvalue weighted by atomic mass is 9.80. The smallest absolute Gasteiger partial charge is 0.123 e. The van der Waals surface area contributed by atoms with E-state index in [0.717, 1.165) is 42.9 Å². The number of hydrogen-bond acceptors (Lipinski definition) is 3. The van der Waals surface area contributed by atoms with Gasteiger partial charge in [-0.3, -0.25) is 4.90 Å². The topological polar surface area (TPSA) is 24.5 Å². The molecule has 0 amide bonds. The van der Waals surface area contributed by atoms with Gasteiger partial charge in [0.25, 0.3) is 0 Å². The molecule has 1 N–H and O–H groups in total. The Morgan fingerprint density at radius 1 is 1.18 bits per heavy atom. The molecule has 0 radical (unpaired) electrons. The molecule has 1 aromatic rings. The first-order valence-corrected chi connectivity index (χ1v) is 8.95. The van der Waals surface area contributed by atoms with Crippen LogP contribution in [0.1, 0.15) is 43.7 Å². The van der Waals surface area contributed by atoms with Gasteiger partial charge < -0.3 is 10.1 Å². The number of ether oxygens (including phenoxy) is 1. The highest BCUT2D eigenvalue weighted by molar-refractivity contribution is 6.30. The van der Waals surface area contributed by atoms with Crippen molar-refractivity contribution in [2.75, 3.05) is 33.3 Å². The zero-order chi connectivity index (χ0) is 15.4. The highest BCUT2D eigenvalue weighted by Gasteiger charge is 2.32. The molecule has 1 aliphatic heterocycles. The fraction of sp³-hybridized carbons (Fsp3) is 0.667. The minimum atomic E-state index is 0.441. The van der Waals surface area contributed by atoms with E-state index in [1.807, 2.05) is 12.1 Å². The van der Waals surface area contributed by atoms with Crippen molar-refractivity contribution in [3.63, 3.8) is 0 Å². The van der Waals surface area contributed by atoms with Crippen LogP contribution in [0.3, 0.4) is 0 Å². The zero-order valence-electron chi connectivity index (χ0n) is 13.5. The number of hydrogen-bond donors (Lipinski definition) is 1. The van der Waals surface area contributed by atoms with Crippen molar-refractivity contribution in [1.29, 1.82) is 0 Å². The molecule has 0 spiro atoms. The van der Waals surface area contributed by atoms with E-state index in [4.69, 9.17) is 16.3 Å². The van der Waals surface area contributed by atoms with Gasteiger partial charge in [-0.1, -0.05) is 30.9 Å². The average molecular weight is 323 g/mol. The van der Waals surface area contributed by atoms with E-state index in [9.17, 15) is 0 Å².